The van der Waals surface area contributed by atoms with Crippen LogP contribution in [-0.4, -0.2) is 65.6 Å². The fourth-order valence-electron chi connectivity index (χ4n) is 5.32. The molecule has 0 bridgehead atoms. The highest BCUT2D eigenvalue weighted by molar-refractivity contribution is 5.76. The average Bonchev–Trinajstić information content (AvgIpc) is 3.70. The molecule has 0 saturated carbocycles. The highest BCUT2D eigenvalue weighted by Gasteiger charge is 2.30. The van der Waals surface area contributed by atoms with E-state index in [0.29, 0.717) is 36.5 Å². The van der Waals surface area contributed by atoms with Gasteiger partial charge in [0.15, 0.2) is 17.9 Å². The van der Waals surface area contributed by atoms with E-state index in [1.165, 1.54) is 32.4 Å². The first-order valence-corrected chi connectivity index (χ1v) is 14.0. The van der Waals surface area contributed by atoms with Gasteiger partial charge in [-0.15, -0.1) is 0 Å². The Bertz CT molecular complexity index is 1610. The molecule has 11 nitrogen and oxygen atoms in total. The van der Waals surface area contributed by atoms with Crippen molar-refractivity contribution in [3.8, 4) is 11.4 Å². The fourth-order valence-corrected chi connectivity index (χ4v) is 5.32. The number of nitrogens with one attached hydrogen (secondary N) is 1. The predicted octanol–water partition coefficient (Wildman–Crippen LogP) is 4.10. The zero-order chi connectivity index (χ0) is 29.9. The summed E-state index contributed by atoms with van der Waals surface area (Å²) in [5.41, 5.74) is 0.185. The van der Waals surface area contributed by atoms with Gasteiger partial charge in [0.05, 0.1) is 23.9 Å². The van der Waals surface area contributed by atoms with E-state index < -0.39 is 17.8 Å². The molecule has 0 aliphatic carbocycles. The first-order valence-electron chi connectivity index (χ1n) is 14.0. The van der Waals surface area contributed by atoms with Crippen LogP contribution in [0.25, 0.3) is 22.6 Å². The molecule has 14 heteroatoms. The molecular formula is C28H33F3N8O3. The van der Waals surface area contributed by atoms with Crippen LogP contribution in [0.15, 0.2) is 47.8 Å². The van der Waals surface area contributed by atoms with Crippen molar-refractivity contribution in [2.45, 2.75) is 65.1 Å². The molecule has 5 rings (SSSR count). The highest BCUT2D eigenvalue weighted by atomic mass is 19.4. The molecule has 0 radical (unpaired) electrons. The number of alkyl halides is 3. The summed E-state index contributed by atoms with van der Waals surface area (Å²) in [6.45, 7) is 6.63. The maximum absolute atomic E-state index is 13.3. The fraction of sp³-hybridized carbons (Fsp3) is 0.464. The number of ether oxygens (including phenoxy) is 1. The Hall–Kier alpha value is -4.20. The summed E-state index contributed by atoms with van der Waals surface area (Å²) < 4.78 is 49.5. The lowest BCUT2D eigenvalue weighted by Gasteiger charge is -2.22. The minimum absolute atomic E-state index is 0.0839. The second kappa shape index (κ2) is 12.3. The number of rotatable bonds is 10. The van der Waals surface area contributed by atoms with Gasteiger partial charge in [0.25, 0.3) is 5.56 Å². The number of carbonyl (C=O) groups excluding carboxylic acids is 1. The van der Waals surface area contributed by atoms with Gasteiger partial charge >= 0.3 is 12.3 Å². The van der Waals surface area contributed by atoms with E-state index in [9.17, 15) is 22.8 Å². The summed E-state index contributed by atoms with van der Waals surface area (Å²) >= 11 is 0. The number of aryl methyl sites for hydroxylation is 1. The highest BCUT2D eigenvalue weighted by Crippen LogP contribution is 2.30. The molecule has 1 aromatic carbocycles. The van der Waals surface area contributed by atoms with E-state index in [1.54, 1.807) is 12.3 Å². The van der Waals surface area contributed by atoms with Crippen LogP contribution in [0.5, 0.6) is 0 Å². The molecule has 4 heterocycles. The molecule has 1 N–H and O–H groups in total. The number of amides is 1. The number of halogens is 3. The summed E-state index contributed by atoms with van der Waals surface area (Å²) in [6, 6.07) is 5.28. The number of hydrogen-bond acceptors (Lipinski definition) is 7. The number of likely N-dealkylation sites (N-methyl/N-ethyl adjacent to an activating group) is 1. The molecule has 1 amide bonds. The van der Waals surface area contributed by atoms with Crippen molar-refractivity contribution in [2.75, 3.05) is 19.6 Å². The van der Waals surface area contributed by atoms with E-state index in [4.69, 9.17) is 4.74 Å². The average molecular weight is 587 g/mol. The van der Waals surface area contributed by atoms with Crippen LogP contribution in [0.2, 0.25) is 0 Å². The minimum Gasteiger partial charge on any atom is -0.428 e. The number of benzene rings is 1. The SMILES string of the molecule is CCCn1cnc2nc(-c3cnn(Cc4cccc(C(F)(F)F)c4)c3)n(COC(=O)NCC3CCCN3CC)c2c1=O. The Labute approximate surface area is 239 Å². The Morgan fingerprint density at radius 3 is 2.83 bits per heavy atom. The van der Waals surface area contributed by atoms with Gasteiger partial charge in [0.1, 0.15) is 12.2 Å². The summed E-state index contributed by atoms with van der Waals surface area (Å²) in [5.74, 6) is 0.292. The number of carbonyl (C=O) groups is 1. The lowest BCUT2D eigenvalue weighted by Crippen LogP contribution is -2.40. The van der Waals surface area contributed by atoms with Crippen LogP contribution in [0.3, 0.4) is 0 Å². The molecule has 4 aromatic rings. The van der Waals surface area contributed by atoms with Crippen LogP contribution < -0.4 is 10.9 Å². The zero-order valence-corrected chi connectivity index (χ0v) is 23.5. The van der Waals surface area contributed by atoms with Crippen LogP contribution in [0.4, 0.5) is 18.0 Å². The standard InChI is InChI=1S/C28H33F3N8O3/c1-3-10-37-17-33-24-23(26(37)40)39(18-42-27(41)32-14-22-9-6-11-36(22)4-2)25(35-24)20-13-34-38(16-20)15-19-7-5-8-21(12-19)28(29,30)31/h5,7-8,12-13,16-17,22H,3-4,6,9-11,14-15,18H2,1-2H3,(H,32,41). The van der Waals surface area contributed by atoms with Crippen molar-refractivity contribution in [1.82, 2.24) is 39.1 Å². The van der Waals surface area contributed by atoms with Crippen LogP contribution >= 0.6 is 0 Å². The van der Waals surface area contributed by atoms with Crippen molar-refractivity contribution in [2.24, 2.45) is 0 Å². The van der Waals surface area contributed by atoms with Gasteiger partial charge in [-0.05, 0) is 50.0 Å². The monoisotopic (exact) mass is 586 g/mol. The van der Waals surface area contributed by atoms with Crippen molar-refractivity contribution in [1.29, 1.82) is 0 Å². The van der Waals surface area contributed by atoms with Crippen molar-refractivity contribution in [3.05, 3.63) is 64.5 Å². The van der Waals surface area contributed by atoms with Gasteiger partial charge in [-0.25, -0.2) is 14.8 Å². The van der Waals surface area contributed by atoms with Crippen LogP contribution in [-0.2, 0) is 30.7 Å². The molecule has 0 spiro atoms. The van der Waals surface area contributed by atoms with Crippen LogP contribution in [0.1, 0.15) is 44.2 Å². The minimum atomic E-state index is -4.45. The topological polar surface area (TPSA) is 112 Å². The summed E-state index contributed by atoms with van der Waals surface area (Å²) in [7, 11) is 0. The molecule has 1 aliphatic heterocycles. The van der Waals surface area contributed by atoms with Gasteiger partial charge in [-0.2, -0.15) is 18.3 Å². The van der Waals surface area contributed by atoms with Gasteiger partial charge in [-0.1, -0.05) is 26.0 Å². The Kier molecular flexibility index (Phi) is 8.61. The second-order valence-corrected chi connectivity index (χ2v) is 10.3. The van der Waals surface area contributed by atoms with Gasteiger partial charge < -0.3 is 10.1 Å². The molecule has 42 heavy (non-hydrogen) atoms. The van der Waals surface area contributed by atoms with Gasteiger partial charge in [-0.3, -0.25) is 23.5 Å². The van der Waals surface area contributed by atoms with E-state index in [1.807, 2.05) is 6.92 Å². The quantitative estimate of drug-likeness (QED) is 0.298. The van der Waals surface area contributed by atoms with E-state index in [-0.39, 0.29) is 36.0 Å². The number of fused-ring (bicyclic) bond motifs is 1. The van der Waals surface area contributed by atoms with Crippen molar-refractivity contribution >= 4 is 17.3 Å². The number of alkyl carbamates (subject to hydrolysis) is 1. The number of nitrogens with zero attached hydrogens (tertiary/aromatic N) is 7. The largest absolute Gasteiger partial charge is 0.428 e. The maximum atomic E-state index is 13.3. The normalized spacial score (nSPS) is 15.9. The number of imidazole rings is 1. The zero-order valence-electron chi connectivity index (χ0n) is 23.5. The molecule has 1 fully saturated rings. The smallest absolute Gasteiger partial charge is 0.416 e. The maximum Gasteiger partial charge on any atom is 0.416 e. The summed E-state index contributed by atoms with van der Waals surface area (Å²) in [4.78, 5) is 37.2. The Balaban J connectivity index is 1.40. The third kappa shape index (κ3) is 6.32. The van der Waals surface area contributed by atoms with E-state index >= 15 is 0 Å². The van der Waals surface area contributed by atoms with Gasteiger partial charge in [0.2, 0.25) is 0 Å². The third-order valence-corrected chi connectivity index (χ3v) is 7.40. The molecule has 1 unspecified atom stereocenters. The lowest BCUT2D eigenvalue weighted by molar-refractivity contribution is -0.137. The molecule has 1 aliphatic rings. The number of hydrogen-bond donors (Lipinski definition) is 1. The van der Waals surface area contributed by atoms with E-state index in [0.717, 1.165) is 38.1 Å². The molecular weight excluding hydrogens is 553 g/mol. The molecule has 224 valence electrons. The molecule has 3 aromatic heterocycles. The van der Waals surface area contributed by atoms with Gasteiger partial charge in [0, 0.05) is 25.3 Å². The second-order valence-electron chi connectivity index (χ2n) is 10.3. The van der Waals surface area contributed by atoms with Crippen molar-refractivity contribution in [3.63, 3.8) is 0 Å². The lowest BCUT2D eigenvalue weighted by atomic mass is 10.1. The molecule has 1 atom stereocenters. The summed E-state index contributed by atoms with van der Waals surface area (Å²) in [6.07, 6.45) is 2.26. The third-order valence-electron chi connectivity index (χ3n) is 7.40. The first-order chi connectivity index (χ1) is 20.2. The number of likely N-dealkylation sites (tertiary alicyclic amines) is 1. The predicted molar refractivity (Wildman–Crippen MR) is 149 cm³/mol. The Morgan fingerprint density at radius 1 is 1.24 bits per heavy atom. The number of aromatic nitrogens is 6. The van der Waals surface area contributed by atoms with E-state index in [2.05, 4.69) is 32.2 Å². The summed E-state index contributed by atoms with van der Waals surface area (Å²) in [5, 5.41) is 7.12. The first kappa shape index (κ1) is 29.3. The van der Waals surface area contributed by atoms with Crippen LogP contribution in [0, 0.1) is 0 Å². The Morgan fingerprint density at radius 2 is 2.07 bits per heavy atom. The van der Waals surface area contributed by atoms with Crippen molar-refractivity contribution < 1.29 is 22.7 Å². The molecule has 1 saturated heterocycles.